The normalized spacial score (nSPS) is 11.9. The Hall–Kier alpha value is -0.280. The second-order valence-corrected chi connectivity index (χ2v) is 6.38. The Morgan fingerprint density at radius 2 is 1.71 bits per heavy atom. The lowest BCUT2D eigenvalue weighted by molar-refractivity contribution is 0.794. The maximum Gasteiger partial charge on any atom is 0.136 e. The van der Waals surface area contributed by atoms with Crippen molar-refractivity contribution < 1.29 is 0 Å². The van der Waals surface area contributed by atoms with Crippen LogP contribution in [-0.2, 0) is 0 Å². The Balaban J connectivity index is 3.09. The molecule has 0 aliphatic rings. The molecule has 2 nitrogen and oxygen atoms in total. The zero-order valence-corrected chi connectivity index (χ0v) is 10.8. The van der Waals surface area contributed by atoms with Crippen LogP contribution in [0.1, 0.15) is 32.2 Å². The predicted molar refractivity (Wildman–Crippen MR) is 62.1 cm³/mol. The van der Waals surface area contributed by atoms with Crippen molar-refractivity contribution in [2.45, 2.75) is 44.4 Å². The van der Waals surface area contributed by atoms with Crippen molar-refractivity contribution in [2.75, 3.05) is 0 Å². The molecule has 14 heavy (non-hydrogen) atoms. The maximum absolute atomic E-state index is 5.98. The van der Waals surface area contributed by atoms with Crippen LogP contribution in [0.15, 0.2) is 5.03 Å². The van der Waals surface area contributed by atoms with E-state index < -0.39 is 0 Å². The minimum absolute atomic E-state index is 0.148. The highest BCUT2D eigenvalue weighted by Gasteiger charge is 2.16. The molecule has 0 aromatic carbocycles. The number of nitrogens with zero attached hydrogens (tertiary/aromatic N) is 2. The lowest BCUT2D eigenvalue weighted by Gasteiger charge is -2.18. The molecule has 1 rings (SSSR count). The number of aromatic nitrogens is 2. The fourth-order valence-corrected chi connectivity index (χ4v) is 2.23. The number of hydrogen-bond acceptors (Lipinski definition) is 3. The van der Waals surface area contributed by atoms with Gasteiger partial charge in [0.05, 0.1) is 0 Å². The van der Waals surface area contributed by atoms with Gasteiger partial charge in [-0.15, -0.1) is 11.8 Å². The van der Waals surface area contributed by atoms with E-state index >= 15 is 0 Å². The average molecular weight is 231 g/mol. The molecule has 0 atom stereocenters. The first-order valence-electron chi connectivity index (χ1n) is 4.49. The minimum atomic E-state index is 0.148. The van der Waals surface area contributed by atoms with Gasteiger partial charge in [-0.2, -0.15) is 0 Å². The molecule has 0 unspecified atom stereocenters. The third-order valence-electron chi connectivity index (χ3n) is 1.56. The topological polar surface area (TPSA) is 25.8 Å². The quantitative estimate of drug-likeness (QED) is 0.544. The Morgan fingerprint density at radius 3 is 2.21 bits per heavy atom. The largest absolute Gasteiger partial charge is 0.226 e. The molecule has 0 saturated heterocycles. The van der Waals surface area contributed by atoms with Crippen molar-refractivity contribution in [3.63, 3.8) is 0 Å². The standard InChI is InChI=1S/C10H15ClN2S/c1-6-8(11)12-7(2)13-9(6)14-10(3,4)5/h1-5H3. The summed E-state index contributed by atoms with van der Waals surface area (Å²) >= 11 is 7.70. The van der Waals surface area contributed by atoms with Crippen molar-refractivity contribution in [2.24, 2.45) is 0 Å². The molecule has 0 bridgehead atoms. The minimum Gasteiger partial charge on any atom is -0.226 e. The van der Waals surface area contributed by atoms with Gasteiger partial charge in [0.1, 0.15) is 16.0 Å². The molecule has 78 valence electrons. The molecule has 0 aliphatic carbocycles. The second kappa shape index (κ2) is 4.07. The Labute approximate surface area is 94.5 Å². The third-order valence-corrected chi connectivity index (χ3v) is 3.13. The van der Waals surface area contributed by atoms with E-state index in [0.29, 0.717) is 5.15 Å². The van der Waals surface area contributed by atoms with Gasteiger partial charge < -0.3 is 0 Å². The summed E-state index contributed by atoms with van der Waals surface area (Å²) in [5.41, 5.74) is 0.970. The lowest BCUT2D eigenvalue weighted by Crippen LogP contribution is -2.09. The lowest BCUT2D eigenvalue weighted by atomic mass is 10.3. The van der Waals surface area contributed by atoms with Crippen LogP contribution in [0.5, 0.6) is 0 Å². The summed E-state index contributed by atoms with van der Waals surface area (Å²) in [6.45, 7) is 10.3. The van der Waals surface area contributed by atoms with Gasteiger partial charge >= 0.3 is 0 Å². The van der Waals surface area contributed by atoms with Crippen LogP contribution in [0.4, 0.5) is 0 Å². The van der Waals surface area contributed by atoms with Crippen molar-refractivity contribution in [1.29, 1.82) is 0 Å². The summed E-state index contributed by atoms with van der Waals surface area (Å²) in [6.07, 6.45) is 0. The van der Waals surface area contributed by atoms with Crippen LogP contribution in [0.3, 0.4) is 0 Å². The number of thioether (sulfide) groups is 1. The highest BCUT2D eigenvalue weighted by molar-refractivity contribution is 8.00. The smallest absolute Gasteiger partial charge is 0.136 e. The molecule has 1 heterocycles. The van der Waals surface area contributed by atoms with E-state index in [1.54, 1.807) is 11.8 Å². The summed E-state index contributed by atoms with van der Waals surface area (Å²) in [7, 11) is 0. The average Bonchev–Trinajstić information content (AvgIpc) is 1.96. The number of hydrogen-bond donors (Lipinski definition) is 0. The number of rotatable bonds is 1. The van der Waals surface area contributed by atoms with Gasteiger partial charge in [0, 0.05) is 10.3 Å². The van der Waals surface area contributed by atoms with E-state index in [9.17, 15) is 0 Å². The summed E-state index contributed by atoms with van der Waals surface area (Å²) < 4.78 is 0.148. The first-order chi connectivity index (χ1) is 6.29. The monoisotopic (exact) mass is 230 g/mol. The summed E-state index contributed by atoms with van der Waals surface area (Å²) in [5.74, 6) is 0.729. The summed E-state index contributed by atoms with van der Waals surface area (Å²) in [4.78, 5) is 8.49. The molecule has 0 radical (unpaired) electrons. The third kappa shape index (κ3) is 3.14. The van der Waals surface area contributed by atoms with Crippen LogP contribution in [0.25, 0.3) is 0 Å². The van der Waals surface area contributed by atoms with Crippen molar-refractivity contribution in [1.82, 2.24) is 9.97 Å². The van der Waals surface area contributed by atoms with E-state index in [-0.39, 0.29) is 4.75 Å². The molecular weight excluding hydrogens is 216 g/mol. The van der Waals surface area contributed by atoms with Gasteiger partial charge in [-0.1, -0.05) is 32.4 Å². The molecule has 0 spiro atoms. The zero-order chi connectivity index (χ0) is 10.9. The molecule has 0 N–H and O–H groups in total. The zero-order valence-electron chi connectivity index (χ0n) is 9.18. The van der Waals surface area contributed by atoms with Crippen LogP contribution in [0, 0.1) is 13.8 Å². The molecular formula is C10H15ClN2S. The van der Waals surface area contributed by atoms with E-state index in [1.165, 1.54) is 0 Å². The van der Waals surface area contributed by atoms with Gasteiger partial charge in [0.15, 0.2) is 0 Å². The van der Waals surface area contributed by atoms with Gasteiger partial charge in [-0.25, -0.2) is 9.97 Å². The van der Waals surface area contributed by atoms with Crippen LogP contribution < -0.4 is 0 Å². The number of halogens is 1. The fraction of sp³-hybridized carbons (Fsp3) is 0.600. The van der Waals surface area contributed by atoms with Crippen LogP contribution in [-0.4, -0.2) is 14.7 Å². The first-order valence-corrected chi connectivity index (χ1v) is 5.69. The highest BCUT2D eigenvalue weighted by Crippen LogP contribution is 2.34. The molecule has 4 heteroatoms. The maximum atomic E-state index is 5.98. The molecule has 0 saturated carbocycles. The van der Waals surface area contributed by atoms with Crippen LogP contribution >= 0.6 is 23.4 Å². The summed E-state index contributed by atoms with van der Waals surface area (Å²) in [6, 6.07) is 0. The van der Waals surface area contributed by atoms with Gasteiger partial charge in [-0.3, -0.25) is 0 Å². The molecule has 0 aliphatic heterocycles. The van der Waals surface area contributed by atoms with E-state index in [4.69, 9.17) is 11.6 Å². The highest BCUT2D eigenvalue weighted by atomic mass is 35.5. The molecule has 1 aromatic heterocycles. The Morgan fingerprint density at radius 1 is 1.14 bits per heavy atom. The Bertz CT molecular complexity index is 345. The van der Waals surface area contributed by atoms with Gasteiger partial charge in [0.25, 0.3) is 0 Å². The van der Waals surface area contributed by atoms with Crippen LogP contribution in [0.2, 0.25) is 5.15 Å². The Kier molecular flexibility index (Phi) is 3.43. The first kappa shape index (κ1) is 11.8. The van der Waals surface area contributed by atoms with Gasteiger partial charge in [-0.05, 0) is 13.8 Å². The van der Waals surface area contributed by atoms with Crippen molar-refractivity contribution >= 4 is 23.4 Å². The molecule has 1 aromatic rings. The molecule has 0 fully saturated rings. The fourth-order valence-electron chi connectivity index (χ4n) is 0.959. The second-order valence-electron chi connectivity index (χ2n) is 4.21. The predicted octanol–water partition coefficient (Wildman–Crippen LogP) is 3.64. The van der Waals surface area contributed by atoms with Crippen molar-refractivity contribution in [3.8, 4) is 0 Å². The molecule has 0 amide bonds. The van der Waals surface area contributed by atoms with Gasteiger partial charge in [0.2, 0.25) is 0 Å². The van der Waals surface area contributed by atoms with E-state index in [1.807, 2.05) is 13.8 Å². The van der Waals surface area contributed by atoms with E-state index in [0.717, 1.165) is 16.4 Å². The van der Waals surface area contributed by atoms with Crippen molar-refractivity contribution in [3.05, 3.63) is 16.5 Å². The summed E-state index contributed by atoms with van der Waals surface area (Å²) in [5, 5.41) is 1.54. The SMILES string of the molecule is Cc1nc(Cl)c(C)c(SC(C)(C)C)n1. The van der Waals surface area contributed by atoms with E-state index in [2.05, 4.69) is 30.7 Å². The number of aryl methyl sites for hydroxylation is 1.